The molecule has 0 aliphatic rings. The van der Waals surface area contributed by atoms with Crippen molar-refractivity contribution in [3.05, 3.63) is 102 Å². The first-order valence-electron chi connectivity index (χ1n) is 9.45. The maximum Gasteiger partial charge on any atom is 0.161 e. The van der Waals surface area contributed by atoms with Gasteiger partial charge in [-0.25, -0.2) is 0 Å². The van der Waals surface area contributed by atoms with Crippen LogP contribution in [-0.4, -0.2) is 13.3 Å². The quantitative estimate of drug-likeness (QED) is 0.321. The minimum Gasteiger partial charge on any atom is -0.493 e. The van der Waals surface area contributed by atoms with Gasteiger partial charge in [0, 0.05) is 0 Å². The number of benzene rings is 4. The van der Waals surface area contributed by atoms with Crippen molar-refractivity contribution >= 4 is 22.7 Å². The zero-order chi connectivity index (χ0) is 19.9. The van der Waals surface area contributed by atoms with Gasteiger partial charge >= 0.3 is 0 Å². The van der Waals surface area contributed by atoms with Gasteiger partial charge in [-0.1, -0.05) is 60.7 Å². The Labute approximate surface area is 170 Å². The van der Waals surface area contributed by atoms with Gasteiger partial charge in [0.1, 0.15) is 6.61 Å². The Balaban J connectivity index is 1.46. The van der Waals surface area contributed by atoms with Gasteiger partial charge in [0.2, 0.25) is 0 Å². The fourth-order valence-electron chi connectivity index (χ4n) is 3.15. The number of nitrogens with zero attached hydrogens (tertiary/aromatic N) is 1. The van der Waals surface area contributed by atoms with Crippen LogP contribution in [0, 0.1) is 0 Å². The Kier molecular flexibility index (Phi) is 5.72. The molecule has 29 heavy (non-hydrogen) atoms. The second-order valence-corrected chi connectivity index (χ2v) is 6.57. The van der Waals surface area contributed by atoms with Crippen molar-refractivity contribution in [3.63, 3.8) is 0 Å². The average Bonchev–Trinajstić information content (AvgIpc) is 2.78. The van der Waals surface area contributed by atoms with Gasteiger partial charge < -0.3 is 9.47 Å². The third-order valence-corrected chi connectivity index (χ3v) is 4.63. The van der Waals surface area contributed by atoms with Crippen LogP contribution >= 0.6 is 0 Å². The van der Waals surface area contributed by atoms with Gasteiger partial charge in [-0.15, -0.1) is 0 Å². The Morgan fingerprint density at radius 2 is 1.62 bits per heavy atom. The zero-order valence-electron chi connectivity index (χ0n) is 16.2. The van der Waals surface area contributed by atoms with Crippen molar-refractivity contribution in [1.29, 1.82) is 0 Å². The average molecular weight is 382 g/mol. The topological polar surface area (TPSA) is 42.8 Å². The minimum atomic E-state index is 0.473. The van der Waals surface area contributed by atoms with Crippen molar-refractivity contribution in [2.75, 3.05) is 12.5 Å². The van der Waals surface area contributed by atoms with Crippen molar-refractivity contribution in [1.82, 2.24) is 0 Å². The fraction of sp³-hybridized carbons (Fsp3) is 0.0800. The first-order chi connectivity index (χ1) is 14.3. The van der Waals surface area contributed by atoms with Crippen molar-refractivity contribution in [2.24, 2.45) is 5.10 Å². The van der Waals surface area contributed by atoms with Gasteiger partial charge in [-0.05, 0) is 52.2 Å². The maximum atomic E-state index is 6.07. The summed E-state index contributed by atoms with van der Waals surface area (Å²) in [5.41, 5.74) is 6.00. The second-order valence-electron chi connectivity index (χ2n) is 6.57. The number of anilines is 1. The maximum absolute atomic E-state index is 6.07. The Bertz CT molecular complexity index is 1120. The summed E-state index contributed by atoms with van der Waals surface area (Å²) in [6.07, 6.45) is 1.75. The summed E-state index contributed by atoms with van der Waals surface area (Å²) < 4.78 is 11.6. The zero-order valence-corrected chi connectivity index (χ0v) is 16.2. The molecule has 0 saturated heterocycles. The van der Waals surface area contributed by atoms with E-state index in [1.165, 1.54) is 10.8 Å². The van der Waals surface area contributed by atoms with Gasteiger partial charge in [-0.3, -0.25) is 5.43 Å². The number of hydrogen-bond donors (Lipinski definition) is 1. The predicted molar refractivity (Wildman–Crippen MR) is 119 cm³/mol. The molecule has 0 fully saturated rings. The summed E-state index contributed by atoms with van der Waals surface area (Å²) in [5, 5.41) is 6.68. The standard InChI is InChI=1S/C25H22N2O2/c1-28-25-16-19(17-26-27-22-11-3-2-4-12-22)14-15-24(25)29-18-21-10-7-9-20-8-5-6-13-23(20)21/h2-17,27H,18H2,1H3/b26-17-. The molecule has 0 amide bonds. The summed E-state index contributed by atoms with van der Waals surface area (Å²) in [5.74, 6) is 1.38. The highest BCUT2D eigenvalue weighted by Gasteiger charge is 2.07. The van der Waals surface area contributed by atoms with Crippen LogP contribution in [0.3, 0.4) is 0 Å². The first kappa shape index (κ1) is 18.6. The molecule has 4 rings (SSSR count). The predicted octanol–water partition coefficient (Wildman–Crippen LogP) is 5.87. The van der Waals surface area contributed by atoms with Gasteiger partial charge in [0.25, 0.3) is 0 Å². The highest BCUT2D eigenvalue weighted by molar-refractivity contribution is 5.85. The Morgan fingerprint density at radius 1 is 0.828 bits per heavy atom. The molecule has 0 aliphatic carbocycles. The molecular formula is C25H22N2O2. The van der Waals surface area contributed by atoms with E-state index < -0.39 is 0 Å². The lowest BCUT2D eigenvalue weighted by Gasteiger charge is -2.12. The molecule has 0 heterocycles. The van der Waals surface area contributed by atoms with Gasteiger partial charge in [-0.2, -0.15) is 5.10 Å². The smallest absolute Gasteiger partial charge is 0.161 e. The summed E-state index contributed by atoms with van der Waals surface area (Å²) >= 11 is 0. The molecule has 4 nitrogen and oxygen atoms in total. The molecular weight excluding hydrogens is 360 g/mol. The number of ether oxygens (including phenoxy) is 2. The number of hydrogen-bond acceptors (Lipinski definition) is 4. The van der Waals surface area contributed by atoms with Gasteiger partial charge in [0.05, 0.1) is 19.0 Å². The van der Waals surface area contributed by atoms with E-state index >= 15 is 0 Å². The Hall–Kier alpha value is -3.79. The fourth-order valence-corrected chi connectivity index (χ4v) is 3.15. The molecule has 0 spiro atoms. The molecule has 0 saturated carbocycles. The molecule has 0 radical (unpaired) electrons. The van der Waals surface area contributed by atoms with E-state index in [4.69, 9.17) is 9.47 Å². The van der Waals surface area contributed by atoms with Crippen LogP contribution in [0.1, 0.15) is 11.1 Å². The largest absolute Gasteiger partial charge is 0.493 e. The van der Waals surface area contributed by atoms with E-state index in [-0.39, 0.29) is 0 Å². The summed E-state index contributed by atoms with van der Waals surface area (Å²) in [4.78, 5) is 0. The van der Waals surface area contributed by atoms with Gasteiger partial charge in [0.15, 0.2) is 11.5 Å². The summed E-state index contributed by atoms with van der Waals surface area (Å²) in [6, 6.07) is 30.2. The number of methoxy groups -OCH3 is 1. The molecule has 4 aromatic rings. The SMILES string of the molecule is COc1cc(/C=N\Nc2ccccc2)ccc1OCc1cccc2ccccc12. The number of rotatable bonds is 7. The third kappa shape index (κ3) is 4.55. The molecule has 144 valence electrons. The lowest BCUT2D eigenvalue weighted by atomic mass is 10.1. The Morgan fingerprint density at radius 3 is 2.48 bits per heavy atom. The number of nitrogens with one attached hydrogen (secondary N) is 1. The highest BCUT2D eigenvalue weighted by atomic mass is 16.5. The van der Waals surface area contributed by atoms with Crippen LogP contribution in [0.2, 0.25) is 0 Å². The first-order valence-corrected chi connectivity index (χ1v) is 9.45. The lowest BCUT2D eigenvalue weighted by Crippen LogP contribution is -1.99. The molecule has 1 N–H and O–H groups in total. The van der Waals surface area contributed by atoms with E-state index in [1.807, 2.05) is 60.7 Å². The summed E-state index contributed by atoms with van der Waals surface area (Å²) in [6.45, 7) is 0.473. The molecule has 0 bridgehead atoms. The minimum absolute atomic E-state index is 0.473. The van der Waals surface area contributed by atoms with E-state index in [0.29, 0.717) is 18.1 Å². The van der Waals surface area contributed by atoms with Crippen LogP contribution in [0.15, 0.2) is 96.1 Å². The molecule has 0 atom stereocenters. The molecule has 4 heteroatoms. The van der Waals surface area contributed by atoms with Crippen molar-refractivity contribution in [2.45, 2.75) is 6.61 Å². The summed E-state index contributed by atoms with van der Waals surface area (Å²) in [7, 11) is 1.64. The normalized spacial score (nSPS) is 10.9. The third-order valence-electron chi connectivity index (χ3n) is 4.63. The monoisotopic (exact) mass is 382 g/mol. The van der Waals surface area contributed by atoms with Crippen LogP contribution in [-0.2, 0) is 6.61 Å². The number of hydrazone groups is 1. The molecule has 0 aromatic heterocycles. The van der Waals surface area contributed by atoms with E-state index in [1.54, 1.807) is 13.3 Å². The number of para-hydroxylation sites is 1. The second kappa shape index (κ2) is 8.93. The lowest BCUT2D eigenvalue weighted by molar-refractivity contribution is 0.285. The van der Waals surface area contributed by atoms with Crippen molar-refractivity contribution < 1.29 is 9.47 Å². The van der Waals surface area contributed by atoms with Crippen LogP contribution in [0.25, 0.3) is 10.8 Å². The molecule has 0 unspecified atom stereocenters. The number of fused-ring (bicyclic) bond motifs is 1. The van der Waals surface area contributed by atoms with Crippen LogP contribution in [0.4, 0.5) is 5.69 Å². The van der Waals surface area contributed by atoms with Crippen LogP contribution in [0.5, 0.6) is 11.5 Å². The highest BCUT2D eigenvalue weighted by Crippen LogP contribution is 2.29. The van der Waals surface area contributed by atoms with Crippen LogP contribution < -0.4 is 14.9 Å². The van der Waals surface area contributed by atoms with Crippen molar-refractivity contribution in [3.8, 4) is 11.5 Å². The molecule has 0 aliphatic heterocycles. The van der Waals surface area contributed by atoms with E-state index in [2.05, 4.69) is 40.9 Å². The van der Waals surface area contributed by atoms with E-state index in [9.17, 15) is 0 Å². The van der Waals surface area contributed by atoms with E-state index in [0.717, 1.165) is 16.8 Å². The molecule has 4 aromatic carbocycles.